The first-order chi connectivity index (χ1) is 8.15. The lowest BCUT2D eigenvalue weighted by Crippen LogP contribution is -2.10. The normalized spacial score (nSPS) is 10.2. The van der Waals surface area contributed by atoms with Crippen LogP contribution in [0.25, 0.3) is 0 Å². The molecule has 0 saturated heterocycles. The van der Waals surface area contributed by atoms with Crippen molar-refractivity contribution in [3.8, 4) is 5.75 Å². The molecule has 1 aromatic rings. The Morgan fingerprint density at radius 3 is 2.76 bits per heavy atom. The van der Waals surface area contributed by atoms with Crippen molar-refractivity contribution in [2.24, 2.45) is 0 Å². The Bertz CT molecular complexity index is 379. The van der Waals surface area contributed by atoms with E-state index >= 15 is 0 Å². The van der Waals surface area contributed by atoms with E-state index in [0.29, 0.717) is 13.2 Å². The minimum absolute atomic E-state index is 0.152. The SMILES string of the molecule is CCCOCCOc1ccc(F)cc1C(=O)O. The second kappa shape index (κ2) is 6.85. The summed E-state index contributed by atoms with van der Waals surface area (Å²) >= 11 is 0. The molecule has 0 aliphatic heterocycles. The van der Waals surface area contributed by atoms with Gasteiger partial charge >= 0.3 is 5.97 Å². The molecule has 0 unspecified atom stereocenters. The quantitative estimate of drug-likeness (QED) is 0.745. The largest absolute Gasteiger partial charge is 0.490 e. The standard InChI is InChI=1S/C12H15FO4/c1-2-5-16-6-7-17-11-4-3-9(13)8-10(11)12(14)15/h3-4,8H,2,5-7H2,1H3,(H,14,15). The number of ether oxygens (including phenoxy) is 2. The minimum atomic E-state index is -1.21. The second-order valence-electron chi connectivity index (χ2n) is 3.41. The van der Waals surface area contributed by atoms with Crippen LogP contribution >= 0.6 is 0 Å². The van der Waals surface area contributed by atoms with Gasteiger partial charge in [0.25, 0.3) is 0 Å². The molecule has 94 valence electrons. The topological polar surface area (TPSA) is 55.8 Å². The van der Waals surface area contributed by atoms with Crippen LogP contribution in [0, 0.1) is 5.82 Å². The Hall–Kier alpha value is -1.62. The summed E-state index contributed by atoms with van der Waals surface area (Å²) in [6.45, 7) is 3.25. The van der Waals surface area contributed by atoms with Gasteiger partial charge in [-0.15, -0.1) is 0 Å². The fraction of sp³-hybridized carbons (Fsp3) is 0.417. The molecular weight excluding hydrogens is 227 g/mol. The summed E-state index contributed by atoms with van der Waals surface area (Å²) in [7, 11) is 0. The maximum absolute atomic E-state index is 12.9. The fourth-order valence-electron chi connectivity index (χ4n) is 1.25. The minimum Gasteiger partial charge on any atom is -0.490 e. The van der Waals surface area contributed by atoms with Crippen molar-refractivity contribution in [2.75, 3.05) is 19.8 Å². The molecule has 1 N–H and O–H groups in total. The van der Waals surface area contributed by atoms with E-state index in [9.17, 15) is 9.18 Å². The van der Waals surface area contributed by atoms with Gasteiger partial charge in [-0.1, -0.05) is 6.92 Å². The van der Waals surface area contributed by atoms with Gasteiger partial charge in [0, 0.05) is 6.61 Å². The van der Waals surface area contributed by atoms with Crippen LogP contribution in [0.15, 0.2) is 18.2 Å². The third-order valence-electron chi connectivity index (χ3n) is 2.01. The molecule has 0 aliphatic carbocycles. The zero-order valence-electron chi connectivity index (χ0n) is 9.61. The lowest BCUT2D eigenvalue weighted by Gasteiger charge is -2.09. The Morgan fingerprint density at radius 2 is 2.12 bits per heavy atom. The highest BCUT2D eigenvalue weighted by Gasteiger charge is 2.12. The van der Waals surface area contributed by atoms with E-state index in [0.717, 1.165) is 18.6 Å². The number of hydrogen-bond acceptors (Lipinski definition) is 3. The highest BCUT2D eigenvalue weighted by Crippen LogP contribution is 2.19. The summed E-state index contributed by atoms with van der Waals surface area (Å²) in [6, 6.07) is 3.40. The molecule has 0 amide bonds. The van der Waals surface area contributed by atoms with Gasteiger partial charge in [0.2, 0.25) is 0 Å². The van der Waals surface area contributed by atoms with Crippen molar-refractivity contribution >= 4 is 5.97 Å². The summed E-state index contributed by atoms with van der Waals surface area (Å²) in [5.74, 6) is -1.66. The van der Waals surface area contributed by atoms with E-state index in [-0.39, 0.29) is 17.9 Å². The van der Waals surface area contributed by atoms with Crippen molar-refractivity contribution in [1.82, 2.24) is 0 Å². The van der Waals surface area contributed by atoms with Crippen LogP contribution in [0.5, 0.6) is 5.75 Å². The van der Waals surface area contributed by atoms with Crippen LogP contribution in [0.3, 0.4) is 0 Å². The van der Waals surface area contributed by atoms with Gasteiger partial charge in [-0.05, 0) is 24.6 Å². The lowest BCUT2D eigenvalue weighted by molar-refractivity contribution is 0.0684. The average Bonchev–Trinajstić information content (AvgIpc) is 2.30. The molecule has 4 nitrogen and oxygen atoms in total. The van der Waals surface area contributed by atoms with Crippen molar-refractivity contribution in [3.05, 3.63) is 29.6 Å². The zero-order chi connectivity index (χ0) is 12.7. The molecule has 1 rings (SSSR count). The van der Waals surface area contributed by atoms with Gasteiger partial charge < -0.3 is 14.6 Å². The summed E-state index contributed by atoms with van der Waals surface area (Å²) in [4.78, 5) is 10.8. The lowest BCUT2D eigenvalue weighted by atomic mass is 10.2. The van der Waals surface area contributed by atoms with E-state index in [1.54, 1.807) is 0 Å². The van der Waals surface area contributed by atoms with Crippen molar-refractivity contribution in [3.63, 3.8) is 0 Å². The molecule has 0 spiro atoms. The molecule has 0 saturated carbocycles. The third kappa shape index (κ3) is 4.40. The number of benzene rings is 1. The maximum atomic E-state index is 12.9. The smallest absolute Gasteiger partial charge is 0.339 e. The number of halogens is 1. The average molecular weight is 242 g/mol. The van der Waals surface area contributed by atoms with Crippen LogP contribution in [0.2, 0.25) is 0 Å². The third-order valence-corrected chi connectivity index (χ3v) is 2.01. The first-order valence-corrected chi connectivity index (χ1v) is 5.38. The predicted molar refractivity (Wildman–Crippen MR) is 60.0 cm³/mol. The summed E-state index contributed by atoms with van der Waals surface area (Å²) in [5.41, 5.74) is -0.180. The molecule has 0 fully saturated rings. The molecule has 0 radical (unpaired) electrons. The number of rotatable bonds is 7. The van der Waals surface area contributed by atoms with Crippen LogP contribution in [0.1, 0.15) is 23.7 Å². The van der Waals surface area contributed by atoms with E-state index in [4.69, 9.17) is 14.6 Å². The molecule has 0 aromatic heterocycles. The molecule has 0 bridgehead atoms. The van der Waals surface area contributed by atoms with Gasteiger partial charge in [0.1, 0.15) is 23.7 Å². The van der Waals surface area contributed by atoms with E-state index in [1.165, 1.54) is 6.07 Å². The Balaban J connectivity index is 2.55. The van der Waals surface area contributed by atoms with Crippen LogP contribution in [0.4, 0.5) is 4.39 Å². The maximum Gasteiger partial charge on any atom is 0.339 e. The molecular formula is C12H15FO4. The molecule has 0 heterocycles. The molecule has 1 aromatic carbocycles. The van der Waals surface area contributed by atoms with E-state index in [1.807, 2.05) is 6.92 Å². The number of carboxylic acids is 1. The molecule has 0 aliphatic rings. The van der Waals surface area contributed by atoms with Crippen LogP contribution < -0.4 is 4.74 Å². The van der Waals surface area contributed by atoms with E-state index < -0.39 is 11.8 Å². The van der Waals surface area contributed by atoms with E-state index in [2.05, 4.69) is 0 Å². The first kappa shape index (κ1) is 13.4. The van der Waals surface area contributed by atoms with Crippen molar-refractivity contribution in [1.29, 1.82) is 0 Å². The van der Waals surface area contributed by atoms with Gasteiger partial charge in [-0.3, -0.25) is 0 Å². The van der Waals surface area contributed by atoms with Gasteiger partial charge in [-0.2, -0.15) is 0 Å². The number of carboxylic acid groups (broad SMARTS) is 1. The zero-order valence-corrected chi connectivity index (χ0v) is 9.61. The molecule has 5 heteroatoms. The highest BCUT2D eigenvalue weighted by molar-refractivity contribution is 5.90. The fourth-order valence-corrected chi connectivity index (χ4v) is 1.25. The summed E-state index contributed by atoms with van der Waals surface area (Å²) < 4.78 is 23.3. The first-order valence-electron chi connectivity index (χ1n) is 5.38. The van der Waals surface area contributed by atoms with Gasteiger partial charge in [0.05, 0.1) is 6.61 Å². The summed E-state index contributed by atoms with van der Waals surface area (Å²) in [5, 5.41) is 8.85. The molecule has 0 atom stereocenters. The van der Waals surface area contributed by atoms with Crippen LogP contribution in [-0.4, -0.2) is 30.9 Å². The van der Waals surface area contributed by atoms with Crippen molar-refractivity contribution in [2.45, 2.75) is 13.3 Å². The summed E-state index contributed by atoms with van der Waals surface area (Å²) in [6.07, 6.45) is 0.914. The van der Waals surface area contributed by atoms with Gasteiger partial charge in [0.15, 0.2) is 0 Å². The van der Waals surface area contributed by atoms with Gasteiger partial charge in [-0.25, -0.2) is 9.18 Å². The van der Waals surface area contributed by atoms with Crippen molar-refractivity contribution < 1.29 is 23.8 Å². The van der Waals surface area contributed by atoms with Crippen LogP contribution in [-0.2, 0) is 4.74 Å². The predicted octanol–water partition coefficient (Wildman–Crippen LogP) is 2.33. The Kier molecular flexibility index (Phi) is 5.42. The highest BCUT2D eigenvalue weighted by atomic mass is 19.1. The monoisotopic (exact) mass is 242 g/mol. The number of aromatic carboxylic acids is 1. The molecule has 17 heavy (non-hydrogen) atoms. The Morgan fingerprint density at radius 1 is 1.35 bits per heavy atom. The number of hydrogen-bond donors (Lipinski definition) is 1. The Labute approximate surface area is 99.0 Å². The number of carbonyl (C=O) groups is 1. The second-order valence-corrected chi connectivity index (χ2v) is 3.41.